The molecule has 1 aliphatic heterocycles. The molecule has 8 nitrogen and oxygen atoms in total. The van der Waals surface area contributed by atoms with Gasteiger partial charge in [-0.2, -0.15) is 0 Å². The molecule has 0 radical (unpaired) electrons. The summed E-state index contributed by atoms with van der Waals surface area (Å²) in [6.07, 6.45) is 7.41. The van der Waals surface area contributed by atoms with Gasteiger partial charge in [-0.25, -0.2) is 0 Å². The van der Waals surface area contributed by atoms with E-state index in [9.17, 15) is 29.7 Å². The van der Waals surface area contributed by atoms with E-state index in [0.717, 1.165) is 37.1 Å². The molecule has 204 valence electrons. The number of aliphatic hydroxyl groups excluding tert-OH is 1. The quantitative estimate of drug-likeness (QED) is 0.394. The van der Waals surface area contributed by atoms with E-state index in [0.29, 0.717) is 29.7 Å². The summed E-state index contributed by atoms with van der Waals surface area (Å²) >= 11 is 0. The van der Waals surface area contributed by atoms with Gasteiger partial charge in [0.05, 0.1) is 23.7 Å². The third-order valence-electron chi connectivity index (χ3n) is 9.17. The molecule has 1 aromatic carbocycles. The molecule has 0 amide bonds. The van der Waals surface area contributed by atoms with Crippen molar-refractivity contribution in [3.05, 3.63) is 58.1 Å². The van der Waals surface area contributed by atoms with Crippen molar-refractivity contribution in [1.29, 1.82) is 0 Å². The van der Waals surface area contributed by atoms with Crippen molar-refractivity contribution < 1.29 is 34.1 Å². The van der Waals surface area contributed by atoms with Crippen molar-refractivity contribution in [1.82, 2.24) is 4.90 Å². The lowest BCUT2D eigenvalue weighted by Gasteiger charge is -2.46. The fourth-order valence-corrected chi connectivity index (χ4v) is 7.30. The lowest BCUT2D eigenvalue weighted by Crippen LogP contribution is -2.61. The van der Waals surface area contributed by atoms with Gasteiger partial charge in [0.1, 0.15) is 11.5 Å². The fourth-order valence-electron chi connectivity index (χ4n) is 7.30. The Balaban J connectivity index is 1.51. The Hall–Kier alpha value is -3.49. The molecule has 8 heteroatoms. The van der Waals surface area contributed by atoms with Crippen LogP contribution in [0.25, 0.3) is 16.9 Å². The van der Waals surface area contributed by atoms with E-state index < -0.39 is 40.5 Å². The smallest absolute Gasteiger partial charge is 0.206 e. The maximum atomic E-state index is 13.9. The predicted octanol–water partition coefficient (Wildman–Crippen LogP) is 4.28. The number of nitrogens with zero attached hydrogens (tertiary/aromatic N) is 1. The number of carbonyl (C=O) groups excluding carboxylic acids is 3. The molecular weight excluding hydrogens is 498 g/mol. The summed E-state index contributed by atoms with van der Waals surface area (Å²) in [5, 5.41) is 34.7. The first-order valence-corrected chi connectivity index (χ1v) is 13.7. The third-order valence-corrected chi connectivity index (χ3v) is 9.17. The molecule has 2 aromatic rings. The van der Waals surface area contributed by atoms with Crippen LogP contribution in [0.2, 0.25) is 0 Å². The van der Waals surface area contributed by atoms with E-state index >= 15 is 0 Å². The van der Waals surface area contributed by atoms with E-state index in [4.69, 9.17) is 4.42 Å². The number of ketones is 3. The number of hydrogen-bond acceptors (Lipinski definition) is 8. The topological polar surface area (TPSA) is 128 Å². The van der Waals surface area contributed by atoms with Gasteiger partial charge in [-0.05, 0) is 88.2 Å². The maximum absolute atomic E-state index is 13.9. The van der Waals surface area contributed by atoms with Gasteiger partial charge < -0.3 is 19.7 Å². The summed E-state index contributed by atoms with van der Waals surface area (Å²) < 4.78 is 5.36. The number of aromatic hydroxyl groups is 1. The van der Waals surface area contributed by atoms with Gasteiger partial charge in [-0.1, -0.05) is 12.0 Å². The van der Waals surface area contributed by atoms with Crippen molar-refractivity contribution in [2.24, 2.45) is 11.8 Å². The summed E-state index contributed by atoms with van der Waals surface area (Å²) in [5.41, 5.74) is 1.11. The minimum atomic E-state index is -2.41. The summed E-state index contributed by atoms with van der Waals surface area (Å²) in [4.78, 5) is 41.8. The molecule has 1 saturated carbocycles. The summed E-state index contributed by atoms with van der Waals surface area (Å²) in [6.45, 7) is 5.25. The predicted molar refractivity (Wildman–Crippen MR) is 143 cm³/mol. The van der Waals surface area contributed by atoms with Crippen LogP contribution in [0, 0.1) is 11.8 Å². The number of fused-ring (bicyclic) bond motifs is 3. The molecule has 1 saturated heterocycles. The minimum Gasteiger partial charge on any atom is -0.507 e. The standard InChI is InChI=1S/C31H33NO7/c1-16-10-21-11-19-12-23-22(18-6-9-39-15-18)13-20(14-32-7-4-3-5-8-32)27(34)26(23)28(35)25(19)30(37)31(21,38)29(36)24(16)17(2)33/h6,9,13,15,19,21,34-35,38H,3-5,7-8,10-12,14H2,1-2H3/t19-,21-,31-/m1/s1. The average Bonchev–Trinajstić information content (AvgIpc) is 3.43. The maximum Gasteiger partial charge on any atom is 0.206 e. The van der Waals surface area contributed by atoms with Crippen LogP contribution >= 0.6 is 0 Å². The van der Waals surface area contributed by atoms with E-state index in [1.807, 2.05) is 12.1 Å². The molecule has 39 heavy (non-hydrogen) atoms. The van der Waals surface area contributed by atoms with Gasteiger partial charge >= 0.3 is 0 Å². The van der Waals surface area contributed by atoms with Gasteiger partial charge in [0, 0.05) is 29.2 Å². The lowest BCUT2D eigenvalue weighted by atomic mass is 9.57. The second-order valence-electron chi connectivity index (χ2n) is 11.6. The van der Waals surface area contributed by atoms with Crippen LogP contribution in [0.1, 0.15) is 62.6 Å². The van der Waals surface area contributed by atoms with Crippen LogP contribution < -0.4 is 0 Å². The van der Waals surface area contributed by atoms with E-state index in [1.54, 1.807) is 19.5 Å². The van der Waals surface area contributed by atoms with Crippen LogP contribution in [-0.2, 0) is 27.3 Å². The Morgan fingerprint density at radius 3 is 2.54 bits per heavy atom. The van der Waals surface area contributed by atoms with Crippen LogP contribution in [0.5, 0.6) is 5.75 Å². The number of aliphatic hydroxyl groups is 2. The number of hydrogen-bond donors (Lipinski definition) is 3. The number of rotatable bonds is 4. The number of piperidine rings is 1. The van der Waals surface area contributed by atoms with Crippen molar-refractivity contribution in [2.45, 2.75) is 64.5 Å². The number of furan rings is 1. The average molecular weight is 532 g/mol. The molecule has 2 heterocycles. The largest absolute Gasteiger partial charge is 0.507 e. The Kier molecular flexibility index (Phi) is 6.15. The zero-order valence-corrected chi connectivity index (χ0v) is 22.2. The minimum absolute atomic E-state index is 0.0411. The normalized spacial score (nSPS) is 27.4. The molecule has 1 aromatic heterocycles. The number of benzene rings is 1. The molecule has 0 bridgehead atoms. The molecular formula is C31H33NO7. The van der Waals surface area contributed by atoms with E-state index in [-0.39, 0.29) is 35.3 Å². The van der Waals surface area contributed by atoms with Gasteiger partial charge in [-0.3, -0.25) is 19.3 Å². The van der Waals surface area contributed by atoms with Crippen molar-refractivity contribution >= 4 is 23.1 Å². The van der Waals surface area contributed by atoms with Crippen LogP contribution in [0.15, 0.2) is 45.8 Å². The molecule has 6 rings (SSSR count). The van der Waals surface area contributed by atoms with Crippen molar-refractivity contribution in [3.8, 4) is 16.9 Å². The van der Waals surface area contributed by atoms with Crippen LogP contribution in [0.3, 0.4) is 0 Å². The van der Waals surface area contributed by atoms with Crippen LogP contribution in [0.4, 0.5) is 0 Å². The lowest BCUT2D eigenvalue weighted by molar-refractivity contribution is -0.157. The second-order valence-corrected chi connectivity index (χ2v) is 11.6. The van der Waals surface area contributed by atoms with Gasteiger partial charge in [0.2, 0.25) is 11.6 Å². The molecule has 2 fully saturated rings. The first-order chi connectivity index (χ1) is 18.6. The van der Waals surface area contributed by atoms with Crippen LogP contribution in [-0.4, -0.2) is 56.3 Å². The number of allylic oxidation sites excluding steroid dienone is 1. The molecule has 0 unspecified atom stereocenters. The highest BCUT2D eigenvalue weighted by molar-refractivity contribution is 6.33. The number of Topliss-reactive ketones (excluding diaryl/α,β-unsaturated/α-hetero) is 3. The van der Waals surface area contributed by atoms with E-state index in [1.165, 1.54) is 13.3 Å². The number of carbonyl (C=O) groups is 3. The summed E-state index contributed by atoms with van der Waals surface area (Å²) in [7, 11) is 0. The van der Waals surface area contributed by atoms with Gasteiger partial charge in [0.25, 0.3) is 0 Å². The molecule has 4 aliphatic rings. The zero-order valence-electron chi connectivity index (χ0n) is 22.2. The molecule has 3 atom stereocenters. The highest BCUT2D eigenvalue weighted by Crippen LogP contribution is 2.53. The van der Waals surface area contributed by atoms with Gasteiger partial charge in [0.15, 0.2) is 11.4 Å². The van der Waals surface area contributed by atoms with Gasteiger partial charge in [-0.15, -0.1) is 0 Å². The molecule has 3 N–H and O–H groups in total. The number of phenols is 1. The van der Waals surface area contributed by atoms with E-state index in [2.05, 4.69) is 4.90 Å². The monoisotopic (exact) mass is 531 g/mol. The summed E-state index contributed by atoms with van der Waals surface area (Å²) in [6, 6.07) is 3.78. The Labute approximate surface area is 226 Å². The summed E-state index contributed by atoms with van der Waals surface area (Å²) in [5.74, 6) is -3.89. The highest BCUT2D eigenvalue weighted by Gasteiger charge is 2.60. The highest BCUT2D eigenvalue weighted by atomic mass is 16.3. The zero-order chi connectivity index (χ0) is 27.6. The fraction of sp³-hybridized carbons (Fsp3) is 0.452. The first kappa shape index (κ1) is 25.8. The molecule has 0 spiro atoms. The van der Waals surface area contributed by atoms with Crippen molar-refractivity contribution in [3.63, 3.8) is 0 Å². The Bertz CT molecular complexity index is 1460. The first-order valence-electron chi connectivity index (χ1n) is 13.7. The Morgan fingerprint density at radius 2 is 1.87 bits per heavy atom. The number of likely N-dealkylation sites (tertiary alicyclic amines) is 1. The SMILES string of the molecule is CC(=O)C1=C(C)C[C@@H]2C[C@@H]3Cc4c(-c5ccoc5)cc(CN5CCCCC5)c(O)c4C(O)=C3C(=O)[C@]2(O)C1=O. The number of phenolic OH excluding ortho intramolecular Hbond substituents is 1. The molecule has 3 aliphatic carbocycles. The second kappa shape index (κ2) is 9.31. The Morgan fingerprint density at radius 1 is 1.13 bits per heavy atom. The third kappa shape index (κ3) is 3.84. The van der Waals surface area contributed by atoms with Crippen molar-refractivity contribution in [2.75, 3.05) is 13.1 Å².